The molecule has 7 heteroatoms. The summed E-state index contributed by atoms with van der Waals surface area (Å²) >= 11 is 23.6. The van der Waals surface area contributed by atoms with E-state index in [2.05, 4.69) is 0 Å². The van der Waals surface area contributed by atoms with Gasteiger partial charge in [-0.1, -0.05) is 64.6 Å². The van der Waals surface area contributed by atoms with E-state index < -0.39 is 15.9 Å². The summed E-state index contributed by atoms with van der Waals surface area (Å²) in [4.78, 5) is 0. The normalized spacial score (nSPS) is 15.7. The van der Waals surface area contributed by atoms with Gasteiger partial charge < -0.3 is 4.67 Å². The molecule has 96 valence electrons. The molecule has 0 aliphatic carbocycles. The second-order valence-electron chi connectivity index (χ2n) is 3.60. The van der Waals surface area contributed by atoms with Crippen molar-refractivity contribution in [1.29, 1.82) is 0 Å². The lowest BCUT2D eigenvalue weighted by atomic mass is 10.3. The van der Waals surface area contributed by atoms with Crippen molar-refractivity contribution in [1.82, 2.24) is 0 Å². The average Bonchev–Trinajstić information content (AvgIpc) is 2.26. The molecule has 0 aromatic heterocycles. The van der Waals surface area contributed by atoms with Crippen molar-refractivity contribution >= 4 is 59.4 Å². The second kappa shape index (κ2) is 5.59. The molecule has 0 spiro atoms. The maximum Gasteiger partial charge on any atom is 0.238 e. The van der Waals surface area contributed by atoms with E-state index in [9.17, 15) is 4.57 Å². The van der Waals surface area contributed by atoms with Crippen molar-refractivity contribution in [2.75, 3.05) is 11.7 Å². The maximum atomic E-state index is 12.8. The van der Waals surface area contributed by atoms with Gasteiger partial charge >= 0.3 is 0 Å². The molecule has 2 nitrogen and oxygen atoms in total. The first kappa shape index (κ1) is 15.5. The van der Waals surface area contributed by atoms with Gasteiger partial charge in [-0.2, -0.15) is 0 Å². The molecule has 0 aliphatic rings. The van der Waals surface area contributed by atoms with E-state index >= 15 is 0 Å². The lowest BCUT2D eigenvalue weighted by molar-refractivity contribution is 0.571. The van der Waals surface area contributed by atoms with Crippen LogP contribution in [0.2, 0.25) is 0 Å². The molecule has 1 aromatic rings. The van der Waals surface area contributed by atoms with E-state index in [1.54, 1.807) is 19.2 Å². The molecule has 0 fully saturated rings. The first-order valence-electron chi connectivity index (χ1n) is 4.76. The van der Waals surface area contributed by atoms with Gasteiger partial charge in [-0.25, -0.2) is 0 Å². The van der Waals surface area contributed by atoms with Crippen molar-refractivity contribution in [2.45, 2.75) is 15.6 Å². The molecule has 0 saturated heterocycles. The van der Waals surface area contributed by atoms with Crippen LogP contribution in [0.25, 0.3) is 0 Å². The van der Waals surface area contributed by atoms with Crippen molar-refractivity contribution < 1.29 is 4.57 Å². The number of nitrogens with zero attached hydrogens (tertiary/aromatic N) is 1. The highest BCUT2D eigenvalue weighted by atomic mass is 35.5. The van der Waals surface area contributed by atoms with Crippen LogP contribution in [0.4, 0.5) is 5.69 Å². The van der Waals surface area contributed by atoms with Gasteiger partial charge in [-0.3, -0.25) is 4.57 Å². The Bertz CT molecular complexity index is 418. The predicted molar refractivity (Wildman–Crippen MR) is 78.1 cm³/mol. The highest BCUT2D eigenvalue weighted by molar-refractivity contribution is 7.74. The second-order valence-corrected chi connectivity index (χ2v) is 10.8. The molecule has 1 aromatic carbocycles. The molecule has 1 rings (SSSR count). The van der Waals surface area contributed by atoms with Gasteiger partial charge in [-0.05, 0) is 19.1 Å². The molecule has 0 saturated carbocycles. The molecule has 1 unspecified atom stereocenters. The Morgan fingerprint density at radius 3 is 2.06 bits per heavy atom. The number of rotatable bonds is 4. The SMILES string of the molecule is CN(c1ccccc1)P(=O)(C(Cl)Cl)C(C)(Cl)Cl. The Balaban J connectivity index is 3.23. The van der Waals surface area contributed by atoms with E-state index in [0.717, 1.165) is 0 Å². The van der Waals surface area contributed by atoms with E-state index in [-0.39, 0.29) is 0 Å². The zero-order chi connectivity index (χ0) is 13.3. The summed E-state index contributed by atoms with van der Waals surface area (Å²) in [7, 11) is -1.78. The number of alkyl halides is 4. The minimum atomic E-state index is -3.39. The molecule has 0 aliphatic heterocycles. The van der Waals surface area contributed by atoms with Crippen LogP contribution in [0.15, 0.2) is 30.3 Å². The fraction of sp³-hybridized carbons (Fsp3) is 0.400. The Morgan fingerprint density at radius 2 is 1.71 bits per heavy atom. The Morgan fingerprint density at radius 1 is 1.24 bits per heavy atom. The predicted octanol–water partition coefficient (Wildman–Crippen LogP) is 5.31. The van der Waals surface area contributed by atoms with Gasteiger partial charge in [0.2, 0.25) is 7.29 Å². The van der Waals surface area contributed by atoms with Crippen LogP contribution in [-0.4, -0.2) is 15.7 Å². The smallest absolute Gasteiger partial charge is 0.238 e. The van der Waals surface area contributed by atoms with Crippen LogP contribution in [0.1, 0.15) is 6.92 Å². The van der Waals surface area contributed by atoms with Gasteiger partial charge in [0.05, 0.1) is 0 Å². The fourth-order valence-electron chi connectivity index (χ4n) is 1.38. The molecule has 0 radical (unpaired) electrons. The largest absolute Gasteiger partial charge is 0.321 e. The van der Waals surface area contributed by atoms with Gasteiger partial charge in [-0.15, -0.1) is 0 Å². The molecule has 0 bridgehead atoms. The fourth-order valence-corrected chi connectivity index (χ4v) is 6.81. The average molecular weight is 335 g/mol. The van der Waals surface area contributed by atoms with E-state index in [4.69, 9.17) is 46.4 Å². The summed E-state index contributed by atoms with van der Waals surface area (Å²) in [5, 5.41) is 0. The zero-order valence-electron chi connectivity index (χ0n) is 9.28. The Labute approximate surface area is 121 Å². The summed E-state index contributed by atoms with van der Waals surface area (Å²) in [6.45, 7) is 1.42. The number of benzene rings is 1. The summed E-state index contributed by atoms with van der Waals surface area (Å²) in [6.07, 6.45) is 0. The summed E-state index contributed by atoms with van der Waals surface area (Å²) in [5.74, 6) is 0. The van der Waals surface area contributed by atoms with Crippen LogP contribution in [-0.2, 0) is 4.57 Å². The van der Waals surface area contributed by atoms with Gasteiger partial charge in [0.25, 0.3) is 0 Å². The molecule has 0 amide bonds. The first-order valence-corrected chi connectivity index (χ1v) is 8.12. The third-order valence-corrected chi connectivity index (χ3v) is 8.22. The van der Waals surface area contributed by atoms with Crippen molar-refractivity contribution in [2.24, 2.45) is 0 Å². The maximum absolute atomic E-state index is 12.8. The summed E-state index contributed by atoms with van der Waals surface area (Å²) in [5.41, 5.74) is 0.689. The van der Waals surface area contributed by atoms with Crippen molar-refractivity contribution in [3.05, 3.63) is 30.3 Å². The molecule has 17 heavy (non-hydrogen) atoms. The lowest BCUT2D eigenvalue weighted by Crippen LogP contribution is -2.27. The highest BCUT2D eigenvalue weighted by Crippen LogP contribution is 2.70. The highest BCUT2D eigenvalue weighted by Gasteiger charge is 2.50. The van der Waals surface area contributed by atoms with E-state index in [1.807, 2.05) is 18.2 Å². The number of hydrogen-bond donors (Lipinski definition) is 0. The molecular weight excluding hydrogens is 323 g/mol. The lowest BCUT2D eigenvalue weighted by Gasteiger charge is -2.36. The standard InChI is InChI=1S/C10H12Cl4NOP/c1-10(13,14)17(16,9(11)12)15(2)8-6-4-3-5-7-8/h3-7,9H,1-2H3. The van der Waals surface area contributed by atoms with E-state index in [1.165, 1.54) is 11.6 Å². The summed E-state index contributed by atoms with van der Waals surface area (Å²) in [6, 6.07) is 9.03. The Hall–Kier alpha value is 0.410. The third kappa shape index (κ3) is 3.05. The van der Waals surface area contributed by atoms with Crippen LogP contribution in [0.3, 0.4) is 0 Å². The van der Waals surface area contributed by atoms with Crippen LogP contribution < -0.4 is 4.67 Å². The first-order chi connectivity index (χ1) is 7.71. The number of para-hydroxylation sites is 1. The van der Waals surface area contributed by atoms with Crippen molar-refractivity contribution in [3.8, 4) is 0 Å². The molecule has 0 N–H and O–H groups in total. The zero-order valence-corrected chi connectivity index (χ0v) is 13.2. The number of anilines is 1. The van der Waals surface area contributed by atoms with Gasteiger partial charge in [0.15, 0.2) is 8.65 Å². The number of halogens is 4. The van der Waals surface area contributed by atoms with Crippen LogP contribution >= 0.6 is 53.7 Å². The number of hydrogen-bond acceptors (Lipinski definition) is 1. The topological polar surface area (TPSA) is 20.3 Å². The van der Waals surface area contributed by atoms with E-state index in [0.29, 0.717) is 5.69 Å². The van der Waals surface area contributed by atoms with Gasteiger partial charge in [0, 0.05) is 12.7 Å². The quantitative estimate of drug-likeness (QED) is 0.549. The monoisotopic (exact) mass is 333 g/mol. The van der Waals surface area contributed by atoms with Crippen LogP contribution in [0, 0.1) is 0 Å². The molecule has 1 atom stereocenters. The third-order valence-electron chi connectivity index (χ3n) is 2.40. The molecule has 0 heterocycles. The Kier molecular flexibility index (Phi) is 5.08. The van der Waals surface area contributed by atoms with Crippen LogP contribution in [0.5, 0.6) is 0 Å². The molecular formula is C10H12Cl4NOP. The summed E-state index contributed by atoms with van der Waals surface area (Å²) < 4.78 is 11.6. The van der Waals surface area contributed by atoms with Crippen molar-refractivity contribution in [3.63, 3.8) is 0 Å². The minimum absolute atomic E-state index is 0.689. The van der Waals surface area contributed by atoms with Gasteiger partial charge in [0.1, 0.15) is 0 Å². The minimum Gasteiger partial charge on any atom is -0.321 e.